The summed E-state index contributed by atoms with van der Waals surface area (Å²) in [5.74, 6) is 1.20. The van der Waals surface area contributed by atoms with E-state index >= 15 is 0 Å². The van der Waals surface area contributed by atoms with Crippen molar-refractivity contribution in [1.29, 1.82) is 0 Å². The summed E-state index contributed by atoms with van der Waals surface area (Å²) in [6, 6.07) is 0.410. The molecule has 0 heterocycles. The molecule has 0 spiro atoms. The van der Waals surface area contributed by atoms with Gasteiger partial charge in [0.2, 0.25) is 0 Å². The molecule has 2 unspecified atom stereocenters. The molecule has 0 aromatic carbocycles. The van der Waals surface area contributed by atoms with Crippen LogP contribution in [0, 0.1) is 5.41 Å². The molecule has 1 nitrogen and oxygen atoms in total. The first-order valence-electron chi connectivity index (χ1n) is 4.45. The highest BCUT2D eigenvalue weighted by atomic mass is 32.2. The van der Waals surface area contributed by atoms with Crippen molar-refractivity contribution >= 4 is 11.8 Å². The van der Waals surface area contributed by atoms with Crippen molar-refractivity contribution in [3.63, 3.8) is 0 Å². The minimum absolute atomic E-state index is 0.382. The van der Waals surface area contributed by atoms with Crippen LogP contribution >= 0.6 is 11.8 Å². The first-order valence-corrected chi connectivity index (χ1v) is 5.50. The van der Waals surface area contributed by atoms with Gasteiger partial charge in [-0.25, -0.2) is 0 Å². The van der Waals surface area contributed by atoms with Gasteiger partial charge < -0.3 is 5.73 Å². The molecule has 1 rings (SSSR count). The summed E-state index contributed by atoms with van der Waals surface area (Å²) in [5, 5.41) is 0.718. The maximum absolute atomic E-state index is 6.12. The van der Waals surface area contributed by atoms with Gasteiger partial charge in [0.1, 0.15) is 0 Å². The quantitative estimate of drug-likeness (QED) is 0.693. The number of rotatable bonds is 2. The highest BCUT2D eigenvalue weighted by Gasteiger charge is 2.39. The lowest BCUT2D eigenvalue weighted by Crippen LogP contribution is -2.38. The lowest BCUT2D eigenvalue weighted by Gasteiger charge is -2.26. The van der Waals surface area contributed by atoms with E-state index in [0.717, 1.165) is 5.25 Å². The molecule has 2 heteroatoms. The van der Waals surface area contributed by atoms with E-state index in [1.807, 2.05) is 11.8 Å². The Morgan fingerprint density at radius 2 is 2.18 bits per heavy atom. The van der Waals surface area contributed by atoms with E-state index in [1.54, 1.807) is 0 Å². The van der Waals surface area contributed by atoms with Crippen LogP contribution in [0.5, 0.6) is 0 Å². The van der Waals surface area contributed by atoms with Crippen LogP contribution in [0.3, 0.4) is 0 Å². The first kappa shape index (κ1) is 9.40. The number of hydrogen-bond donors (Lipinski definition) is 1. The van der Waals surface area contributed by atoms with Gasteiger partial charge in [-0.05, 0) is 24.0 Å². The number of nitrogens with two attached hydrogens (primary N) is 1. The minimum Gasteiger partial charge on any atom is -0.326 e. The van der Waals surface area contributed by atoms with Crippen LogP contribution in [-0.2, 0) is 0 Å². The third-order valence-electron chi connectivity index (χ3n) is 2.76. The van der Waals surface area contributed by atoms with Gasteiger partial charge in [-0.1, -0.05) is 20.8 Å². The molecular weight excluding hydrogens is 154 g/mol. The van der Waals surface area contributed by atoms with Gasteiger partial charge >= 0.3 is 0 Å². The van der Waals surface area contributed by atoms with Crippen molar-refractivity contribution in [2.45, 2.75) is 44.9 Å². The molecule has 1 aliphatic carbocycles. The van der Waals surface area contributed by atoms with Crippen LogP contribution in [0.1, 0.15) is 33.6 Å². The fourth-order valence-electron chi connectivity index (χ4n) is 1.76. The molecule has 0 saturated heterocycles. The molecule has 66 valence electrons. The Balaban J connectivity index is 2.49. The van der Waals surface area contributed by atoms with Gasteiger partial charge in [0, 0.05) is 11.3 Å². The minimum atomic E-state index is 0.382. The largest absolute Gasteiger partial charge is 0.326 e. The monoisotopic (exact) mass is 173 g/mol. The molecule has 1 fully saturated rings. The van der Waals surface area contributed by atoms with Crippen LogP contribution in [-0.4, -0.2) is 17.0 Å². The predicted octanol–water partition coefficient (Wildman–Crippen LogP) is 2.26. The fraction of sp³-hybridized carbons (Fsp3) is 1.00. The molecule has 2 N–H and O–H groups in total. The van der Waals surface area contributed by atoms with Crippen molar-refractivity contribution in [3.8, 4) is 0 Å². The lowest BCUT2D eigenvalue weighted by molar-refractivity contribution is 0.334. The Hall–Kier alpha value is 0.310. The standard InChI is InChI=1S/C9H19NS/c1-4-11-7-5-6-9(2,3)8(7)10/h7-8H,4-6,10H2,1-3H3. The third-order valence-corrected chi connectivity index (χ3v) is 4.05. The second kappa shape index (κ2) is 3.36. The summed E-state index contributed by atoms with van der Waals surface area (Å²) < 4.78 is 0. The molecule has 2 atom stereocenters. The van der Waals surface area contributed by atoms with E-state index < -0.39 is 0 Å². The molecule has 0 bridgehead atoms. The van der Waals surface area contributed by atoms with E-state index in [-0.39, 0.29) is 0 Å². The van der Waals surface area contributed by atoms with Crippen LogP contribution < -0.4 is 5.73 Å². The molecule has 1 saturated carbocycles. The zero-order valence-electron chi connectivity index (χ0n) is 7.76. The molecule has 0 aromatic heterocycles. The van der Waals surface area contributed by atoms with Gasteiger partial charge in [0.15, 0.2) is 0 Å². The predicted molar refractivity (Wildman–Crippen MR) is 52.9 cm³/mol. The van der Waals surface area contributed by atoms with E-state index in [0.29, 0.717) is 11.5 Å². The molecule has 1 aliphatic rings. The average Bonchev–Trinajstić information content (AvgIpc) is 2.17. The summed E-state index contributed by atoms with van der Waals surface area (Å²) in [4.78, 5) is 0. The first-order chi connectivity index (χ1) is 5.08. The van der Waals surface area contributed by atoms with Crippen LogP contribution in [0.4, 0.5) is 0 Å². The van der Waals surface area contributed by atoms with Gasteiger partial charge in [0.05, 0.1) is 0 Å². The summed E-state index contributed by atoms with van der Waals surface area (Å²) in [7, 11) is 0. The fourth-order valence-corrected chi connectivity index (χ4v) is 3.05. The topological polar surface area (TPSA) is 26.0 Å². The van der Waals surface area contributed by atoms with Crippen molar-refractivity contribution in [3.05, 3.63) is 0 Å². The van der Waals surface area contributed by atoms with E-state index in [2.05, 4.69) is 20.8 Å². The zero-order chi connectivity index (χ0) is 8.48. The van der Waals surface area contributed by atoms with Crippen LogP contribution in [0.25, 0.3) is 0 Å². The second-order valence-electron chi connectivity index (χ2n) is 4.05. The van der Waals surface area contributed by atoms with Crippen LogP contribution in [0.2, 0.25) is 0 Å². The average molecular weight is 173 g/mol. The SMILES string of the molecule is CCSC1CCC(C)(C)C1N. The van der Waals surface area contributed by atoms with Gasteiger partial charge in [-0.2, -0.15) is 11.8 Å². The summed E-state index contributed by atoms with van der Waals surface area (Å²) >= 11 is 2.02. The Labute approximate surface area is 74.1 Å². The maximum atomic E-state index is 6.12. The molecule has 0 aliphatic heterocycles. The summed E-state index contributed by atoms with van der Waals surface area (Å²) in [6.45, 7) is 6.78. The van der Waals surface area contributed by atoms with Crippen molar-refractivity contribution < 1.29 is 0 Å². The summed E-state index contributed by atoms with van der Waals surface area (Å²) in [5.41, 5.74) is 6.50. The Bertz CT molecular complexity index is 134. The Morgan fingerprint density at radius 3 is 2.55 bits per heavy atom. The molecular formula is C9H19NS. The van der Waals surface area contributed by atoms with E-state index in [1.165, 1.54) is 18.6 Å². The van der Waals surface area contributed by atoms with Gasteiger partial charge in [-0.3, -0.25) is 0 Å². The third kappa shape index (κ3) is 1.91. The highest BCUT2D eigenvalue weighted by Crippen LogP contribution is 2.41. The summed E-state index contributed by atoms with van der Waals surface area (Å²) in [6.07, 6.45) is 2.61. The number of thioether (sulfide) groups is 1. The second-order valence-corrected chi connectivity index (χ2v) is 5.56. The van der Waals surface area contributed by atoms with Crippen molar-refractivity contribution in [2.24, 2.45) is 11.1 Å². The normalized spacial score (nSPS) is 36.0. The molecule has 11 heavy (non-hydrogen) atoms. The molecule has 0 amide bonds. The van der Waals surface area contributed by atoms with Crippen molar-refractivity contribution in [2.75, 3.05) is 5.75 Å². The highest BCUT2D eigenvalue weighted by molar-refractivity contribution is 7.99. The van der Waals surface area contributed by atoms with Gasteiger partial charge in [0.25, 0.3) is 0 Å². The van der Waals surface area contributed by atoms with E-state index in [9.17, 15) is 0 Å². The van der Waals surface area contributed by atoms with Crippen LogP contribution in [0.15, 0.2) is 0 Å². The van der Waals surface area contributed by atoms with Crippen molar-refractivity contribution in [1.82, 2.24) is 0 Å². The van der Waals surface area contributed by atoms with E-state index in [4.69, 9.17) is 5.73 Å². The van der Waals surface area contributed by atoms with Gasteiger partial charge in [-0.15, -0.1) is 0 Å². The Kier molecular flexibility index (Phi) is 2.87. The molecule has 0 radical (unpaired) electrons. The number of hydrogen-bond acceptors (Lipinski definition) is 2. The zero-order valence-corrected chi connectivity index (χ0v) is 8.58. The maximum Gasteiger partial charge on any atom is 0.0211 e. The lowest BCUT2D eigenvalue weighted by atomic mass is 9.88. The Morgan fingerprint density at radius 1 is 1.55 bits per heavy atom. The smallest absolute Gasteiger partial charge is 0.0211 e. The molecule has 0 aromatic rings.